The van der Waals surface area contributed by atoms with Crippen LogP contribution in [0.3, 0.4) is 0 Å². The topological polar surface area (TPSA) is 38.3 Å². The Hall–Kier alpha value is -0.570. The summed E-state index contributed by atoms with van der Waals surface area (Å²) >= 11 is 0. The maximum Gasteiger partial charge on any atom is 0.223 e. The Kier molecular flexibility index (Phi) is 3.93. The number of ether oxygens (including phenoxy) is 1. The van der Waals surface area contributed by atoms with Gasteiger partial charge < -0.3 is 10.1 Å². The monoisotopic (exact) mass is 199 g/mol. The van der Waals surface area contributed by atoms with E-state index in [-0.39, 0.29) is 17.4 Å². The van der Waals surface area contributed by atoms with Gasteiger partial charge in [0.1, 0.15) is 0 Å². The molecule has 0 radical (unpaired) electrons. The van der Waals surface area contributed by atoms with Crippen LogP contribution in [0.5, 0.6) is 0 Å². The van der Waals surface area contributed by atoms with Crippen molar-refractivity contribution in [3.8, 4) is 0 Å². The molecule has 1 aliphatic rings. The first-order valence-electron chi connectivity index (χ1n) is 5.47. The van der Waals surface area contributed by atoms with Crippen molar-refractivity contribution >= 4 is 5.91 Å². The summed E-state index contributed by atoms with van der Waals surface area (Å²) in [5.41, 5.74) is -0.0429. The van der Waals surface area contributed by atoms with Crippen LogP contribution in [0.25, 0.3) is 0 Å². The molecule has 0 saturated carbocycles. The Morgan fingerprint density at radius 2 is 2.07 bits per heavy atom. The van der Waals surface area contributed by atoms with Crippen molar-refractivity contribution in [2.24, 2.45) is 5.92 Å². The van der Waals surface area contributed by atoms with E-state index in [0.29, 0.717) is 0 Å². The molecule has 3 nitrogen and oxygen atoms in total. The second-order valence-corrected chi connectivity index (χ2v) is 4.47. The van der Waals surface area contributed by atoms with Gasteiger partial charge in [0.05, 0.1) is 0 Å². The van der Waals surface area contributed by atoms with Gasteiger partial charge in [-0.05, 0) is 26.2 Å². The van der Waals surface area contributed by atoms with E-state index in [1.54, 1.807) is 0 Å². The molecule has 14 heavy (non-hydrogen) atoms. The van der Waals surface area contributed by atoms with Crippen molar-refractivity contribution in [3.63, 3.8) is 0 Å². The second kappa shape index (κ2) is 4.78. The van der Waals surface area contributed by atoms with E-state index in [9.17, 15) is 4.79 Å². The van der Waals surface area contributed by atoms with Crippen molar-refractivity contribution in [1.82, 2.24) is 5.32 Å². The zero-order valence-corrected chi connectivity index (χ0v) is 9.43. The fourth-order valence-electron chi connectivity index (χ4n) is 1.55. The lowest BCUT2D eigenvalue weighted by atomic mass is 9.91. The van der Waals surface area contributed by atoms with Gasteiger partial charge in [-0.15, -0.1) is 0 Å². The highest BCUT2D eigenvalue weighted by Gasteiger charge is 2.29. The van der Waals surface area contributed by atoms with Gasteiger partial charge in [-0.1, -0.05) is 13.8 Å². The molecule has 1 saturated heterocycles. The Bertz CT molecular complexity index is 197. The van der Waals surface area contributed by atoms with Crippen LogP contribution in [0.1, 0.15) is 40.0 Å². The Labute approximate surface area is 86.2 Å². The average molecular weight is 199 g/mol. The van der Waals surface area contributed by atoms with Crippen molar-refractivity contribution in [1.29, 1.82) is 0 Å². The summed E-state index contributed by atoms with van der Waals surface area (Å²) in [5.74, 6) is 0.298. The molecule has 0 bridgehead atoms. The normalized spacial score (nSPS) is 22.8. The number of amides is 1. The van der Waals surface area contributed by atoms with E-state index in [1.807, 2.05) is 13.8 Å². The highest BCUT2D eigenvalue weighted by molar-refractivity contribution is 5.78. The first-order chi connectivity index (χ1) is 6.57. The van der Waals surface area contributed by atoms with Crippen LogP contribution in [0.15, 0.2) is 0 Å². The van der Waals surface area contributed by atoms with Gasteiger partial charge in [0.2, 0.25) is 5.91 Å². The summed E-state index contributed by atoms with van der Waals surface area (Å²) in [6.07, 6.45) is 2.75. The lowest BCUT2D eigenvalue weighted by Gasteiger charge is -2.35. The molecule has 0 aromatic rings. The molecule has 0 aromatic carbocycles. The summed E-state index contributed by atoms with van der Waals surface area (Å²) < 4.78 is 5.28. The van der Waals surface area contributed by atoms with Gasteiger partial charge in [0, 0.05) is 24.7 Å². The van der Waals surface area contributed by atoms with E-state index in [1.165, 1.54) is 0 Å². The zero-order chi connectivity index (χ0) is 10.6. The molecule has 0 spiro atoms. The molecule has 1 aliphatic heterocycles. The average Bonchev–Trinajstić information content (AvgIpc) is 2.17. The van der Waals surface area contributed by atoms with E-state index >= 15 is 0 Å². The highest BCUT2D eigenvalue weighted by atomic mass is 16.5. The standard InChI is InChI=1S/C11H21NO2/c1-4-9(2)10(13)12-11(3)5-7-14-8-6-11/h9H,4-8H2,1-3H3,(H,12,13). The lowest BCUT2D eigenvalue weighted by molar-refractivity contribution is -0.127. The summed E-state index contributed by atoms with van der Waals surface area (Å²) in [6.45, 7) is 7.64. The third-order valence-electron chi connectivity index (χ3n) is 3.08. The van der Waals surface area contributed by atoms with Crippen molar-refractivity contribution < 1.29 is 9.53 Å². The quantitative estimate of drug-likeness (QED) is 0.751. The predicted molar refractivity (Wildman–Crippen MR) is 56.1 cm³/mol. The Morgan fingerprint density at radius 3 is 2.57 bits per heavy atom. The number of hydrogen-bond acceptors (Lipinski definition) is 2. The molecule has 1 unspecified atom stereocenters. The van der Waals surface area contributed by atoms with Crippen LogP contribution in [-0.4, -0.2) is 24.7 Å². The summed E-state index contributed by atoms with van der Waals surface area (Å²) in [4.78, 5) is 11.7. The van der Waals surface area contributed by atoms with E-state index in [4.69, 9.17) is 4.74 Å². The van der Waals surface area contributed by atoms with Crippen LogP contribution in [-0.2, 0) is 9.53 Å². The van der Waals surface area contributed by atoms with Gasteiger partial charge in [0.25, 0.3) is 0 Å². The summed E-state index contributed by atoms with van der Waals surface area (Å²) in [5, 5.41) is 3.13. The summed E-state index contributed by atoms with van der Waals surface area (Å²) in [6, 6.07) is 0. The molecule has 1 amide bonds. The Morgan fingerprint density at radius 1 is 1.50 bits per heavy atom. The number of carbonyl (C=O) groups excluding carboxylic acids is 1. The maximum absolute atomic E-state index is 11.7. The smallest absolute Gasteiger partial charge is 0.223 e. The molecular formula is C11H21NO2. The molecular weight excluding hydrogens is 178 g/mol. The molecule has 1 rings (SSSR count). The van der Waals surface area contributed by atoms with Crippen LogP contribution in [0.4, 0.5) is 0 Å². The predicted octanol–water partition coefficient (Wildman–Crippen LogP) is 1.72. The first kappa shape index (κ1) is 11.5. The van der Waals surface area contributed by atoms with Gasteiger partial charge in [0.15, 0.2) is 0 Å². The molecule has 1 N–H and O–H groups in total. The zero-order valence-electron chi connectivity index (χ0n) is 9.43. The minimum absolute atomic E-state index is 0.0429. The number of nitrogens with one attached hydrogen (secondary N) is 1. The second-order valence-electron chi connectivity index (χ2n) is 4.47. The molecule has 1 heterocycles. The molecule has 1 fully saturated rings. The van der Waals surface area contributed by atoms with Gasteiger partial charge in [-0.2, -0.15) is 0 Å². The number of carbonyl (C=O) groups is 1. The van der Waals surface area contributed by atoms with Gasteiger partial charge in [-0.25, -0.2) is 0 Å². The number of rotatable bonds is 3. The van der Waals surface area contributed by atoms with Crippen molar-refractivity contribution in [2.75, 3.05) is 13.2 Å². The van der Waals surface area contributed by atoms with E-state index in [2.05, 4.69) is 12.2 Å². The van der Waals surface area contributed by atoms with Gasteiger partial charge >= 0.3 is 0 Å². The Balaban J connectivity index is 2.44. The largest absolute Gasteiger partial charge is 0.381 e. The summed E-state index contributed by atoms with van der Waals surface area (Å²) in [7, 11) is 0. The fourth-order valence-corrected chi connectivity index (χ4v) is 1.55. The van der Waals surface area contributed by atoms with Gasteiger partial charge in [-0.3, -0.25) is 4.79 Å². The minimum atomic E-state index is -0.0429. The first-order valence-corrected chi connectivity index (χ1v) is 5.47. The highest BCUT2D eigenvalue weighted by Crippen LogP contribution is 2.20. The molecule has 82 valence electrons. The molecule has 0 aromatic heterocycles. The van der Waals surface area contributed by atoms with Crippen LogP contribution in [0, 0.1) is 5.92 Å². The van der Waals surface area contributed by atoms with Crippen LogP contribution < -0.4 is 5.32 Å². The SMILES string of the molecule is CCC(C)C(=O)NC1(C)CCOCC1. The van der Waals surface area contributed by atoms with Crippen LogP contribution >= 0.6 is 0 Å². The number of hydrogen-bond donors (Lipinski definition) is 1. The van der Waals surface area contributed by atoms with E-state index in [0.717, 1.165) is 32.5 Å². The lowest BCUT2D eigenvalue weighted by Crippen LogP contribution is -2.51. The van der Waals surface area contributed by atoms with Crippen molar-refractivity contribution in [2.45, 2.75) is 45.6 Å². The maximum atomic E-state index is 11.7. The fraction of sp³-hybridized carbons (Fsp3) is 0.909. The van der Waals surface area contributed by atoms with E-state index < -0.39 is 0 Å². The minimum Gasteiger partial charge on any atom is -0.381 e. The molecule has 3 heteroatoms. The molecule has 0 aliphatic carbocycles. The third-order valence-corrected chi connectivity index (χ3v) is 3.08. The van der Waals surface area contributed by atoms with Crippen LogP contribution in [0.2, 0.25) is 0 Å². The third kappa shape index (κ3) is 2.98. The molecule has 1 atom stereocenters. The van der Waals surface area contributed by atoms with Crippen molar-refractivity contribution in [3.05, 3.63) is 0 Å².